The van der Waals surface area contributed by atoms with Crippen molar-refractivity contribution >= 4 is 29.1 Å². The van der Waals surface area contributed by atoms with Gasteiger partial charge in [-0.3, -0.25) is 19.1 Å². The molecule has 8 heteroatoms. The Bertz CT molecular complexity index is 1410. The summed E-state index contributed by atoms with van der Waals surface area (Å²) in [5.74, 6) is -0.910. The fourth-order valence-corrected chi connectivity index (χ4v) is 6.71. The zero-order chi connectivity index (χ0) is 27.1. The molecular formula is C31H35N5O3. The molecule has 2 atom stereocenters. The van der Waals surface area contributed by atoms with Crippen molar-refractivity contribution in [1.29, 1.82) is 0 Å². The van der Waals surface area contributed by atoms with Gasteiger partial charge in [0.1, 0.15) is 11.1 Å². The van der Waals surface area contributed by atoms with Crippen LogP contribution in [0.2, 0.25) is 0 Å². The monoisotopic (exact) mass is 525 g/mol. The summed E-state index contributed by atoms with van der Waals surface area (Å²) < 4.78 is 1.68. The first-order chi connectivity index (χ1) is 18.9. The number of carbonyl (C=O) groups is 3. The lowest BCUT2D eigenvalue weighted by Gasteiger charge is -2.27. The van der Waals surface area contributed by atoms with Gasteiger partial charge in [0.2, 0.25) is 11.8 Å². The lowest BCUT2D eigenvalue weighted by molar-refractivity contribution is -0.128. The van der Waals surface area contributed by atoms with Crippen LogP contribution >= 0.6 is 0 Å². The minimum absolute atomic E-state index is 0.00157. The van der Waals surface area contributed by atoms with Crippen LogP contribution in [-0.2, 0) is 15.0 Å². The molecule has 2 N–H and O–H groups in total. The van der Waals surface area contributed by atoms with Crippen LogP contribution in [0.4, 0.5) is 11.4 Å². The maximum Gasteiger partial charge on any atom is 0.272 e. The number of amides is 3. The van der Waals surface area contributed by atoms with Crippen LogP contribution in [0.3, 0.4) is 0 Å². The number of anilines is 2. The second-order valence-electron chi connectivity index (χ2n) is 11.4. The van der Waals surface area contributed by atoms with Crippen molar-refractivity contribution in [2.75, 3.05) is 23.7 Å². The standard InChI is InChI=1S/C31H35N5O3/c1-20(2)36-27(16-17-32-36)29(38)35-18-25(31(19-35)24-10-6-7-11-26(24)34-30(31)39)28(37)33-23-14-12-22(13-15-23)21-8-4-3-5-9-21/h6-7,10-17,20-21,25H,3-5,8-9,18-19H2,1-2H3,(H,33,37)(H,34,39). The van der Waals surface area contributed by atoms with Gasteiger partial charge in [-0.15, -0.1) is 0 Å². The SMILES string of the molecule is CC(C)n1nccc1C(=O)N1CC(C(=O)Nc2ccc(C3CCCCC3)cc2)C2(C1)C(=O)Nc1ccccc12. The lowest BCUT2D eigenvalue weighted by atomic mass is 9.73. The van der Waals surface area contributed by atoms with E-state index in [9.17, 15) is 14.4 Å². The molecule has 2 aromatic carbocycles. The molecule has 1 saturated carbocycles. The lowest BCUT2D eigenvalue weighted by Crippen LogP contribution is -2.47. The highest BCUT2D eigenvalue weighted by molar-refractivity contribution is 6.12. The van der Waals surface area contributed by atoms with E-state index in [-0.39, 0.29) is 36.9 Å². The molecular weight excluding hydrogens is 490 g/mol. The van der Waals surface area contributed by atoms with Gasteiger partial charge in [0, 0.05) is 36.7 Å². The summed E-state index contributed by atoms with van der Waals surface area (Å²) in [6, 6.07) is 17.3. The second-order valence-corrected chi connectivity index (χ2v) is 11.4. The van der Waals surface area contributed by atoms with Crippen molar-refractivity contribution in [2.45, 2.75) is 63.3 Å². The molecule has 1 aromatic heterocycles. The quantitative estimate of drug-likeness (QED) is 0.484. The third kappa shape index (κ3) is 4.32. The number of hydrogen-bond donors (Lipinski definition) is 2. The Morgan fingerprint density at radius 1 is 1.03 bits per heavy atom. The zero-order valence-electron chi connectivity index (χ0n) is 22.5. The van der Waals surface area contributed by atoms with Gasteiger partial charge in [0.25, 0.3) is 5.91 Å². The topological polar surface area (TPSA) is 96.3 Å². The molecule has 3 aliphatic rings. The number of nitrogens with one attached hydrogen (secondary N) is 2. The van der Waals surface area contributed by atoms with Crippen LogP contribution in [-0.4, -0.2) is 45.5 Å². The third-order valence-corrected chi connectivity index (χ3v) is 8.74. The Labute approximate surface area is 228 Å². The Hall–Kier alpha value is -3.94. The number of carbonyl (C=O) groups excluding carboxylic acids is 3. The largest absolute Gasteiger partial charge is 0.335 e. The molecule has 202 valence electrons. The van der Waals surface area contributed by atoms with Crippen LogP contribution < -0.4 is 10.6 Å². The fourth-order valence-electron chi connectivity index (χ4n) is 6.71. The molecule has 1 spiro atoms. The highest BCUT2D eigenvalue weighted by atomic mass is 16.2. The first-order valence-corrected chi connectivity index (χ1v) is 14.0. The van der Waals surface area contributed by atoms with Crippen LogP contribution in [0.1, 0.15) is 79.5 Å². The van der Waals surface area contributed by atoms with Gasteiger partial charge in [-0.25, -0.2) is 0 Å². The number of hydrogen-bond acceptors (Lipinski definition) is 4. The molecule has 3 amide bonds. The molecule has 3 heterocycles. The minimum atomic E-state index is -1.17. The van der Waals surface area contributed by atoms with Gasteiger partial charge in [-0.2, -0.15) is 5.10 Å². The number of aromatic nitrogens is 2. The van der Waals surface area contributed by atoms with Gasteiger partial charge < -0.3 is 15.5 Å². The third-order valence-electron chi connectivity index (χ3n) is 8.74. The molecule has 2 unspecified atom stereocenters. The molecule has 2 aliphatic heterocycles. The highest BCUT2D eigenvalue weighted by Gasteiger charge is 2.60. The molecule has 8 nitrogen and oxygen atoms in total. The fraction of sp³-hybridized carbons (Fsp3) is 0.419. The van der Waals surface area contributed by atoms with Crippen molar-refractivity contribution < 1.29 is 14.4 Å². The normalized spacial score (nSPS) is 22.8. The summed E-state index contributed by atoms with van der Waals surface area (Å²) in [6.07, 6.45) is 7.88. The van der Waals surface area contributed by atoms with Gasteiger partial charge in [-0.1, -0.05) is 49.6 Å². The van der Waals surface area contributed by atoms with E-state index in [1.807, 2.05) is 50.2 Å². The second kappa shape index (κ2) is 9.98. The van der Waals surface area contributed by atoms with Crippen molar-refractivity contribution in [2.24, 2.45) is 5.92 Å². The summed E-state index contributed by atoms with van der Waals surface area (Å²) in [6.45, 7) is 4.18. The maximum absolute atomic E-state index is 13.9. The average molecular weight is 526 g/mol. The van der Waals surface area contributed by atoms with Gasteiger partial charge in [-0.05, 0) is 68.0 Å². The number of likely N-dealkylation sites (tertiary alicyclic amines) is 1. The van der Waals surface area contributed by atoms with Crippen LogP contribution in [0, 0.1) is 5.92 Å². The van der Waals surface area contributed by atoms with Gasteiger partial charge in [0.05, 0.1) is 5.92 Å². The van der Waals surface area contributed by atoms with E-state index in [0.717, 1.165) is 5.56 Å². The maximum atomic E-state index is 13.9. The number of para-hydroxylation sites is 1. The van der Waals surface area contributed by atoms with E-state index in [4.69, 9.17) is 0 Å². The number of rotatable bonds is 5. The zero-order valence-corrected chi connectivity index (χ0v) is 22.5. The first kappa shape index (κ1) is 25.3. The van der Waals surface area contributed by atoms with Crippen LogP contribution in [0.15, 0.2) is 60.8 Å². The Morgan fingerprint density at radius 2 is 1.77 bits per heavy atom. The van der Waals surface area contributed by atoms with E-state index in [0.29, 0.717) is 23.0 Å². The van der Waals surface area contributed by atoms with Crippen molar-refractivity contribution in [1.82, 2.24) is 14.7 Å². The highest BCUT2D eigenvalue weighted by Crippen LogP contribution is 2.48. The van der Waals surface area contributed by atoms with E-state index < -0.39 is 11.3 Å². The Kier molecular flexibility index (Phi) is 6.49. The Balaban J connectivity index is 1.30. The molecule has 2 fully saturated rings. The minimum Gasteiger partial charge on any atom is -0.335 e. The number of nitrogens with zero attached hydrogens (tertiary/aromatic N) is 3. The molecule has 3 aromatic rings. The van der Waals surface area contributed by atoms with Gasteiger partial charge >= 0.3 is 0 Å². The summed E-state index contributed by atoms with van der Waals surface area (Å²) in [5, 5.41) is 10.3. The predicted molar refractivity (Wildman–Crippen MR) is 150 cm³/mol. The summed E-state index contributed by atoms with van der Waals surface area (Å²) >= 11 is 0. The molecule has 0 bridgehead atoms. The van der Waals surface area contributed by atoms with E-state index in [2.05, 4.69) is 27.9 Å². The van der Waals surface area contributed by atoms with Crippen molar-refractivity contribution in [3.05, 3.63) is 77.6 Å². The van der Waals surface area contributed by atoms with E-state index in [1.54, 1.807) is 21.8 Å². The van der Waals surface area contributed by atoms with Crippen molar-refractivity contribution in [3.63, 3.8) is 0 Å². The average Bonchev–Trinajstić information content (AvgIpc) is 3.67. The molecule has 6 rings (SSSR count). The van der Waals surface area contributed by atoms with Gasteiger partial charge in [0.15, 0.2) is 0 Å². The molecule has 39 heavy (non-hydrogen) atoms. The van der Waals surface area contributed by atoms with Crippen LogP contribution in [0.25, 0.3) is 0 Å². The smallest absolute Gasteiger partial charge is 0.272 e. The van der Waals surface area contributed by atoms with Crippen LogP contribution in [0.5, 0.6) is 0 Å². The van der Waals surface area contributed by atoms with Crippen molar-refractivity contribution in [3.8, 4) is 0 Å². The number of benzene rings is 2. The van der Waals surface area contributed by atoms with E-state index >= 15 is 0 Å². The van der Waals surface area contributed by atoms with E-state index in [1.165, 1.54) is 37.7 Å². The first-order valence-electron chi connectivity index (χ1n) is 14.0. The Morgan fingerprint density at radius 3 is 2.51 bits per heavy atom. The molecule has 1 aliphatic carbocycles. The number of fused-ring (bicyclic) bond motifs is 2. The summed E-state index contributed by atoms with van der Waals surface area (Å²) in [7, 11) is 0. The molecule has 1 saturated heterocycles. The molecule has 0 radical (unpaired) electrons. The summed E-state index contributed by atoms with van der Waals surface area (Å²) in [5.41, 5.74) is 2.75. The summed E-state index contributed by atoms with van der Waals surface area (Å²) in [4.78, 5) is 42.9. The predicted octanol–water partition coefficient (Wildman–Crippen LogP) is 5.11.